The molecule has 1 aliphatic rings. The molecule has 0 amide bonds. The molecule has 92 valence electrons. The summed E-state index contributed by atoms with van der Waals surface area (Å²) < 4.78 is 5.16. The van der Waals surface area contributed by atoms with Gasteiger partial charge in [0.15, 0.2) is 0 Å². The lowest BCUT2D eigenvalue weighted by molar-refractivity contribution is -0.139. The number of hydrogen-bond donors (Lipinski definition) is 2. The average Bonchev–Trinajstić information content (AvgIpc) is 2.65. The largest absolute Gasteiger partial charge is 0.497 e. The van der Waals surface area contributed by atoms with Crippen molar-refractivity contribution in [2.75, 3.05) is 25.6 Å². The Bertz CT molecular complexity index is 447. The van der Waals surface area contributed by atoms with Crippen molar-refractivity contribution in [1.82, 2.24) is 0 Å². The highest BCUT2D eigenvalue weighted by atomic mass is 16.5. The minimum absolute atomic E-state index is 0.192. The Morgan fingerprint density at radius 1 is 1.65 bits per heavy atom. The highest BCUT2D eigenvalue weighted by molar-refractivity contribution is 5.77. The monoisotopic (exact) mass is 236 g/mol. The van der Waals surface area contributed by atoms with Gasteiger partial charge in [-0.3, -0.25) is 4.79 Å². The smallest absolute Gasteiger partial charge is 0.321 e. The van der Waals surface area contributed by atoms with E-state index in [1.807, 2.05) is 30.1 Å². The predicted molar refractivity (Wildman–Crippen MR) is 64.6 cm³/mol. The maximum atomic E-state index is 11.0. The fourth-order valence-electron chi connectivity index (χ4n) is 2.28. The quantitative estimate of drug-likeness (QED) is 0.805. The number of fused-ring (bicyclic) bond motifs is 1. The first-order valence-electron chi connectivity index (χ1n) is 5.42. The van der Waals surface area contributed by atoms with E-state index < -0.39 is 12.0 Å². The molecule has 0 fully saturated rings. The Morgan fingerprint density at radius 2 is 2.35 bits per heavy atom. The third-order valence-electron chi connectivity index (χ3n) is 3.23. The normalized spacial score (nSPS) is 19.9. The summed E-state index contributed by atoms with van der Waals surface area (Å²) >= 11 is 0. The molecule has 0 aliphatic carbocycles. The van der Waals surface area contributed by atoms with Gasteiger partial charge in [-0.1, -0.05) is 0 Å². The number of aliphatic carboxylic acids is 1. The molecule has 1 aliphatic heterocycles. The van der Waals surface area contributed by atoms with Crippen LogP contribution < -0.4 is 15.4 Å². The summed E-state index contributed by atoms with van der Waals surface area (Å²) in [5, 5.41) is 9.01. The van der Waals surface area contributed by atoms with Gasteiger partial charge in [0.1, 0.15) is 11.8 Å². The summed E-state index contributed by atoms with van der Waals surface area (Å²) in [7, 11) is 3.52. The van der Waals surface area contributed by atoms with Crippen LogP contribution in [0, 0.1) is 0 Å². The molecule has 0 spiro atoms. The molecule has 5 nitrogen and oxygen atoms in total. The molecule has 0 bridgehead atoms. The van der Waals surface area contributed by atoms with Crippen molar-refractivity contribution in [1.29, 1.82) is 0 Å². The summed E-state index contributed by atoms with van der Waals surface area (Å²) in [6.45, 7) is 0.621. The third-order valence-corrected chi connectivity index (χ3v) is 3.23. The van der Waals surface area contributed by atoms with Crippen molar-refractivity contribution >= 4 is 11.7 Å². The molecule has 0 radical (unpaired) electrons. The summed E-state index contributed by atoms with van der Waals surface area (Å²) in [6, 6.07) is 4.78. The standard InChI is InChI=1S/C12H16N2O3/c1-14-6-9(11(13)12(15)16)8-5-7(17-2)3-4-10(8)14/h3-5,9,11H,6,13H2,1-2H3,(H,15,16). The zero-order valence-electron chi connectivity index (χ0n) is 9.88. The number of hydrogen-bond acceptors (Lipinski definition) is 4. The molecule has 2 unspecified atom stereocenters. The summed E-state index contributed by atoms with van der Waals surface area (Å²) in [5.74, 6) is -0.441. The van der Waals surface area contributed by atoms with Crippen LogP contribution in [0.2, 0.25) is 0 Å². The molecule has 1 aromatic rings. The molecular weight excluding hydrogens is 220 g/mol. The third kappa shape index (κ3) is 1.93. The zero-order chi connectivity index (χ0) is 12.6. The van der Waals surface area contributed by atoms with Crippen molar-refractivity contribution in [3.05, 3.63) is 23.8 Å². The average molecular weight is 236 g/mol. The fraction of sp³-hybridized carbons (Fsp3) is 0.417. The molecule has 0 saturated carbocycles. The van der Waals surface area contributed by atoms with Gasteiger partial charge in [0.05, 0.1) is 7.11 Å². The SMILES string of the molecule is COc1ccc2c(c1)C(C(N)C(=O)O)CN2C. The number of carboxylic acid groups (broad SMARTS) is 1. The van der Waals surface area contributed by atoms with E-state index in [2.05, 4.69) is 0 Å². The molecular formula is C12H16N2O3. The van der Waals surface area contributed by atoms with Crippen molar-refractivity contribution in [2.45, 2.75) is 12.0 Å². The lowest BCUT2D eigenvalue weighted by Gasteiger charge is -2.16. The molecule has 0 saturated heterocycles. The first-order chi connectivity index (χ1) is 8.04. The van der Waals surface area contributed by atoms with Crippen LogP contribution in [0.5, 0.6) is 5.75 Å². The van der Waals surface area contributed by atoms with Crippen molar-refractivity contribution < 1.29 is 14.6 Å². The van der Waals surface area contributed by atoms with Crippen LogP contribution in [0.25, 0.3) is 0 Å². The van der Waals surface area contributed by atoms with Gasteiger partial charge in [0, 0.05) is 25.2 Å². The second-order valence-corrected chi connectivity index (χ2v) is 4.28. The maximum absolute atomic E-state index is 11.0. The molecule has 3 N–H and O–H groups in total. The lowest BCUT2D eigenvalue weighted by atomic mass is 9.94. The summed E-state index contributed by atoms with van der Waals surface area (Å²) in [6.07, 6.45) is 0. The highest BCUT2D eigenvalue weighted by Crippen LogP contribution is 2.38. The van der Waals surface area contributed by atoms with E-state index in [9.17, 15) is 4.79 Å². The Labute approximate surface area is 99.8 Å². The summed E-state index contributed by atoms with van der Waals surface area (Å²) in [5.41, 5.74) is 7.69. The Hall–Kier alpha value is -1.75. The number of rotatable bonds is 3. The molecule has 17 heavy (non-hydrogen) atoms. The van der Waals surface area contributed by atoms with E-state index in [1.165, 1.54) is 0 Å². The van der Waals surface area contributed by atoms with Crippen LogP contribution in [0.3, 0.4) is 0 Å². The van der Waals surface area contributed by atoms with Crippen LogP contribution in [-0.2, 0) is 4.79 Å². The lowest BCUT2D eigenvalue weighted by Crippen LogP contribution is -2.38. The Kier molecular flexibility index (Phi) is 2.93. The van der Waals surface area contributed by atoms with Crippen LogP contribution in [-0.4, -0.2) is 37.8 Å². The molecule has 2 rings (SSSR count). The van der Waals surface area contributed by atoms with Gasteiger partial charge in [-0.25, -0.2) is 0 Å². The fourth-order valence-corrected chi connectivity index (χ4v) is 2.28. The van der Waals surface area contributed by atoms with E-state index in [-0.39, 0.29) is 5.92 Å². The number of carbonyl (C=O) groups is 1. The van der Waals surface area contributed by atoms with Gasteiger partial charge in [-0.2, -0.15) is 0 Å². The van der Waals surface area contributed by atoms with Gasteiger partial charge in [0.25, 0.3) is 0 Å². The van der Waals surface area contributed by atoms with Gasteiger partial charge in [-0.15, -0.1) is 0 Å². The molecule has 1 aromatic carbocycles. The molecule has 5 heteroatoms. The van der Waals surface area contributed by atoms with E-state index in [0.29, 0.717) is 6.54 Å². The van der Waals surface area contributed by atoms with Crippen LogP contribution in [0.4, 0.5) is 5.69 Å². The van der Waals surface area contributed by atoms with Gasteiger partial charge < -0.3 is 20.5 Å². The first-order valence-corrected chi connectivity index (χ1v) is 5.42. The predicted octanol–water partition coefficient (Wildman–Crippen LogP) is 0.640. The topological polar surface area (TPSA) is 75.8 Å². The van der Waals surface area contributed by atoms with Crippen LogP contribution in [0.1, 0.15) is 11.5 Å². The van der Waals surface area contributed by atoms with Crippen molar-refractivity contribution in [3.8, 4) is 5.75 Å². The number of likely N-dealkylation sites (N-methyl/N-ethyl adjacent to an activating group) is 1. The minimum atomic E-state index is -0.973. The summed E-state index contributed by atoms with van der Waals surface area (Å²) in [4.78, 5) is 13.0. The Balaban J connectivity index is 2.40. The van der Waals surface area contributed by atoms with Gasteiger partial charge in [0.2, 0.25) is 0 Å². The number of anilines is 1. The maximum Gasteiger partial charge on any atom is 0.321 e. The number of nitrogens with two attached hydrogens (primary N) is 1. The van der Waals surface area contributed by atoms with Crippen LogP contribution >= 0.6 is 0 Å². The number of nitrogens with zero attached hydrogens (tertiary/aromatic N) is 1. The molecule has 1 heterocycles. The number of carboxylic acids is 1. The number of ether oxygens (including phenoxy) is 1. The van der Waals surface area contributed by atoms with E-state index in [4.69, 9.17) is 15.6 Å². The van der Waals surface area contributed by atoms with E-state index in [0.717, 1.165) is 17.0 Å². The van der Waals surface area contributed by atoms with Gasteiger partial charge in [-0.05, 0) is 23.8 Å². The zero-order valence-corrected chi connectivity index (χ0v) is 9.88. The Morgan fingerprint density at radius 3 is 2.94 bits per heavy atom. The van der Waals surface area contributed by atoms with E-state index >= 15 is 0 Å². The minimum Gasteiger partial charge on any atom is -0.497 e. The number of methoxy groups -OCH3 is 1. The highest BCUT2D eigenvalue weighted by Gasteiger charge is 2.34. The second-order valence-electron chi connectivity index (χ2n) is 4.28. The van der Waals surface area contributed by atoms with Gasteiger partial charge >= 0.3 is 5.97 Å². The van der Waals surface area contributed by atoms with Crippen LogP contribution in [0.15, 0.2) is 18.2 Å². The van der Waals surface area contributed by atoms with Crippen molar-refractivity contribution in [2.24, 2.45) is 5.73 Å². The number of benzene rings is 1. The first kappa shape index (κ1) is 11.7. The van der Waals surface area contributed by atoms with E-state index in [1.54, 1.807) is 7.11 Å². The molecule has 2 atom stereocenters. The second kappa shape index (κ2) is 4.25. The molecule has 0 aromatic heterocycles. The van der Waals surface area contributed by atoms with Crippen molar-refractivity contribution in [3.63, 3.8) is 0 Å².